The molecule has 0 radical (unpaired) electrons. The Labute approximate surface area is 168 Å². The number of H-pyrrole nitrogens is 1. The van der Waals surface area contributed by atoms with Gasteiger partial charge in [-0.15, -0.1) is 0 Å². The monoisotopic (exact) mass is 439 g/mol. The molecule has 0 aliphatic heterocycles. The second-order valence-corrected chi connectivity index (χ2v) is 8.38. The molecule has 1 aliphatic carbocycles. The molecular weight excluding hydrogens is 420 g/mol. The minimum absolute atomic E-state index is 0.0663. The highest BCUT2D eigenvalue weighted by Crippen LogP contribution is 2.50. The lowest BCUT2D eigenvalue weighted by atomic mass is 9.70. The van der Waals surface area contributed by atoms with Crippen LogP contribution in [0.5, 0.6) is 5.75 Å². The maximum Gasteiger partial charge on any atom is 0.527 e. The van der Waals surface area contributed by atoms with Crippen molar-refractivity contribution in [2.45, 2.75) is 12.5 Å². The van der Waals surface area contributed by atoms with E-state index in [1.54, 1.807) is 4.57 Å². The van der Waals surface area contributed by atoms with Crippen molar-refractivity contribution in [1.29, 1.82) is 0 Å². The van der Waals surface area contributed by atoms with E-state index in [0.29, 0.717) is 6.42 Å². The fraction of sp³-hybridized carbons (Fsp3) is 0.353. The molecule has 1 saturated carbocycles. The molecule has 11 nitrogen and oxygen atoms in total. The van der Waals surface area contributed by atoms with Crippen LogP contribution in [0.4, 0.5) is 10.3 Å². The molecule has 13 heteroatoms. The smallest absolute Gasteiger partial charge is 0.404 e. The molecule has 160 valence electrons. The number of hydrogen-bond donors (Lipinski definition) is 4. The number of phosphoric ester groups is 1. The molecule has 4 rings (SSSR count). The number of imidazole rings is 1. The van der Waals surface area contributed by atoms with Crippen molar-refractivity contribution in [3.63, 3.8) is 0 Å². The number of aliphatic hydroxyl groups is 1. The molecule has 1 aromatic carbocycles. The first kappa shape index (κ1) is 20.5. The Morgan fingerprint density at radius 1 is 1.43 bits per heavy atom. The second kappa shape index (κ2) is 7.80. The van der Waals surface area contributed by atoms with E-state index in [1.165, 1.54) is 24.5 Å². The van der Waals surface area contributed by atoms with E-state index in [4.69, 9.17) is 14.8 Å². The predicted octanol–water partition coefficient (Wildman–Crippen LogP) is 1.21. The predicted molar refractivity (Wildman–Crippen MR) is 103 cm³/mol. The minimum atomic E-state index is -4.54. The maximum atomic E-state index is 13.2. The Kier molecular flexibility index (Phi) is 5.33. The fourth-order valence-electron chi connectivity index (χ4n) is 3.60. The minimum Gasteiger partial charge on any atom is -0.404 e. The largest absolute Gasteiger partial charge is 0.527 e. The van der Waals surface area contributed by atoms with Crippen molar-refractivity contribution in [3.05, 3.63) is 46.8 Å². The van der Waals surface area contributed by atoms with Crippen LogP contribution in [0.15, 0.2) is 35.4 Å². The normalized spacial score (nSPS) is 23.1. The van der Waals surface area contributed by atoms with E-state index >= 15 is 0 Å². The van der Waals surface area contributed by atoms with Crippen LogP contribution in [0.25, 0.3) is 11.2 Å². The van der Waals surface area contributed by atoms with Gasteiger partial charge in [0, 0.05) is 24.6 Å². The van der Waals surface area contributed by atoms with Crippen molar-refractivity contribution < 1.29 is 28.0 Å². The van der Waals surface area contributed by atoms with Crippen molar-refractivity contribution >= 4 is 24.9 Å². The number of rotatable bonds is 7. The summed E-state index contributed by atoms with van der Waals surface area (Å²) in [5, 5.41) is 9.59. The zero-order valence-electron chi connectivity index (χ0n) is 15.5. The first-order valence-corrected chi connectivity index (χ1v) is 10.5. The van der Waals surface area contributed by atoms with E-state index in [0.717, 1.165) is 6.07 Å². The zero-order chi connectivity index (χ0) is 21.5. The number of benzene rings is 1. The van der Waals surface area contributed by atoms with Gasteiger partial charge in [0.25, 0.3) is 5.56 Å². The molecule has 3 aromatic rings. The third-order valence-corrected chi connectivity index (χ3v) is 6.05. The van der Waals surface area contributed by atoms with E-state index in [-0.39, 0.29) is 54.0 Å². The number of aromatic amines is 1. The lowest BCUT2D eigenvalue weighted by molar-refractivity contribution is -0.00476. The number of halogens is 1. The summed E-state index contributed by atoms with van der Waals surface area (Å²) in [6.45, 7) is -0.384. The van der Waals surface area contributed by atoms with Gasteiger partial charge in [-0.2, -0.15) is 4.98 Å². The van der Waals surface area contributed by atoms with Crippen LogP contribution in [0.3, 0.4) is 0 Å². The molecule has 0 amide bonds. The Morgan fingerprint density at radius 2 is 2.23 bits per heavy atom. The molecule has 1 unspecified atom stereocenters. The lowest BCUT2D eigenvalue weighted by Crippen LogP contribution is -2.43. The number of nitrogen functional groups attached to an aromatic ring is 1. The summed E-state index contributed by atoms with van der Waals surface area (Å²) < 4.78 is 37.1. The summed E-state index contributed by atoms with van der Waals surface area (Å²) in [4.78, 5) is 32.5. The Balaban J connectivity index is 1.51. The highest BCUT2D eigenvalue weighted by molar-refractivity contribution is 7.47. The van der Waals surface area contributed by atoms with Crippen molar-refractivity contribution in [2.24, 2.45) is 11.8 Å². The zero-order valence-corrected chi connectivity index (χ0v) is 16.4. The average Bonchev–Trinajstić information content (AvgIpc) is 3.04. The third kappa shape index (κ3) is 3.94. The van der Waals surface area contributed by atoms with Gasteiger partial charge < -0.3 is 19.9 Å². The number of nitrogens with zero attached hydrogens (tertiary/aromatic N) is 3. The molecule has 4 atom stereocenters. The quantitative estimate of drug-likeness (QED) is 0.396. The maximum absolute atomic E-state index is 13.2. The van der Waals surface area contributed by atoms with Gasteiger partial charge in [-0.3, -0.25) is 19.2 Å². The summed E-state index contributed by atoms with van der Waals surface area (Å²) in [6.07, 6.45) is 1.95. The molecule has 5 N–H and O–H groups in total. The molecule has 0 bridgehead atoms. The van der Waals surface area contributed by atoms with E-state index in [9.17, 15) is 23.7 Å². The van der Waals surface area contributed by atoms with Gasteiger partial charge in [-0.1, -0.05) is 6.07 Å². The second-order valence-electron chi connectivity index (χ2n) is 7.00. The van der Waals surface area contributed by atoms with Crippen molar-refractivity contribution in [3.8, 4) is 5.75 Å². The Hall–Kier alpha value is -2.79. The van der Waals surface area contributed by atoms with Gasteiger partial charge in [0.2, 0.25) is 5.95 Å². The van der Waals surface area contributed by atoms with Crippen LogP contribution in [-0.2, 0) is 9.09 Å². The Bertz CT molecular complexity index is 1180. The van der Waals surface area contributed by atoms with Gasteiger partial charge in [-0.05, 0) is 24.5 Å². The first-order chi connectivity index (χ1) is 14.3. The van der Waals surface area contributed by atoms with Crippen LogP contribution < -0.4 is 15.8 Å². The summed E-state index contributed by atoms with van der Waals surface area (Å²) in [5.74, 6) is -1.43. The molecule has 0 spiro atoms. The Morgan fingerprint density at radius 3 is 2.97 bits per heavy atom. The number of fused-ring (bicyclic) bond motifs is 1. The van der Waals surface area contributed by atoms with E-state index < -0.39 is 19.2 Å². The number of aromatic nitrogens is 4. The van der Waals surface area contributed by atoms with Gasteiger partial charge >= 0.3 is 7.82 Å². The molecule has 30 heavy (non-hydrogen) atoms. The summed E-state index contributed by atoms with van der Waals surface area (Å²) in [6, 6.07) is 4.49. The third-order valence-electron chi connectivity index (χ3n) is 5.13. The molecule has 2 aromatic heterocycles. The molecule has 2 heterocycles. The number of phosphoric acid groups is 1. The number of hydrogen-bond acceptors (Lipinski definition) is 8. The molecule has 1 fully saturated rings. The van der Waals surface area contributed by atoms with Gasteiger partial charge in [-0.25, -0.2) is 13.9 Å². The topological polar surface area (TPSA) is 166 Å². The SMILES string of the molecule is Nc1nc2c(ncn2[C@@H]2C[C@H](CO)[C@H]2COP(=O)(O)Oc2cccc(F)c2)c(=O)[nH]1. The highest BCUT2D eigenvalue weighted by atomic mass is 31.2. The number of aliphatic hydroxyl groups excluding tert-OH is 1. The highest BCUT2D eigenvalue weighted by Gasteiger charge is 2.44. The molecule has 0 saturated heterocycles. The van der Waals surface area contributed by atoms with Crippen LogP contribution in [0.2, 0.25) is 0 Å². The van der Waals surface area contributed by atoms with Gasteiger partial charge in [0.15, 0.2) is 11.2 Å². The van der Waals surface area contributed by atoms with Gasteiger partial charge in [0.05, 0.1) is 12.9 Å². The standard InChI is InChI=1S/C17H19FN5O6P/c18-10-2-1-3-11(5-10)29-30(26,27)28-7-12-9(6-24)4-13(12)23-8-20-14-15(23)21-17(19)22-16(14)25/h1-3,5,8-9,12-13,24H,4,6-7H2,(H,26,27)(H3,19,21,22,25)/t9-,12-,13-/m1/s1. The van der Waals surface area contributed by atoms with Crippen molar-refractivity contribution in [2.75, 3.05) is 18.9 Å². The molecule has 1 aliphatic rings. The summed E-state index contributed by atoms with van der Waals surface area (Å²) >= 11 is 0. The van der Waals surface area contributed by atoms with Crippen LogP contribution in [-0.4, -0.2) is 42.7 Å². The van der Waals surface area contributed by atoms with Crippen LogP contribution >= 0.6 is 7.82 Å². The van der Waals surface area contributed by atoms with E-state index in [1.807, 2.05) is 0 Å². The summed E-state index contributed by atoms with van der Waals surface area (Å²) in [7, 11) is -4.54. The first-order valence-electron chi connectivity index (χ1n) is 9.03. The van der Waals surface area contributed by atoms with Crippen LogP contribution in [0.1, 0.15) is 12.5 Å². The fourth-order valence-corrected chi connectivity index (χ4v) is 4.40. The molecular formula is C17H19FN5O6P. The number of anilines is 1. The number of nitrogens with one attached hydrogen (secondary N) is 1. The average molecular weight is 439 g/mol. The van der Waals surface area contributed by atoms with Gasteiger partial charge in [0.1, 0.15) is 11.6 Å². The summed E-state index contributed by atoms with van der Waals surface area (Å²) in [5.41, 5.74) is 5.51. The van der Waals surface area contributed by atoms with Crippen LogP contribution in [0, 0.1) is 17.7 Å². The van der Waals surface area contributed by atoms with Crippen molar-refractivity contribution in [1.82, 2.24) is 19.5 Å². The van der Waals surface area contributed by atoms with E-state index in [2.05, 4.69) is 15.0 Å². The lowest BCUT2D eigenvalue weighted by Gasteiger charge is -2.44. The number of nitrogens with two attached hydrogens (primary N) is 1.